The van der Waals surface area contributed by atoms with Crippen LogP contribution in [0.5, 0.6) is 5.75 Å². The van der Waals surface area contributed by atoms with Crippen LogP contribution in [-0.2, 0) is 4.74 Å². The van der Waals surface area contributed by atoms with Crippen molar-refractivity contribution in [3.8, 4) is 28.7 Å². The van der Waals surface area contributed by atoms with E-state index in [1.54, 1.807) is 6.07 Å². The van der Waals surface area contributed by atoms with Gasteiger partial charge in [0.1, 0.15) is 12.4 Å². The highest BCUT2D eigenvalue weighted by molar-refractivity contribution is 5.80. The average molecular weight is 426 g/mol. The molecule has 0 amide bonds. The van der Waals surface area contributed by atoms with Gasteiger partial charge in [0.15, 0.2) is 6.29 Å². The van der Waals surface area contributed by atoms with Crippen LogP contribution in [-0.4, -0.2) is 50.6 Å². The van der Waals surface area contributed by atoms with E-state index in [1.165, 1.54) is 11.1 Å². The number of carbonyl (C=O) groups excluding carboxylic acids is 1. The third-order valence-corrected chi connectivity index (χ3v) is 5.67. The summed E-state index contributed by atoms with van der Waals surface area (Å²) < 4.78 is 11.3. The fourth-order valence-corrected chi connectivity index (χ4v) is 3.78. The van der Waals surface area contributed by atoms with E-state index in [4.69, 9.17) is 9.47 Å². The molecule has 4 heteroatoms. The van der Waals surface area contributed by atoms with Crippen LogP contribution in [0.1, 0.15) is 27.0 Å². The van der Waals surface area contributed by atoms with Crippen LogP contribution in [0.2, 0.25) is 0 Å². The lowest BCUT2D eigenvalue weighted by Gasteiger charge is -2.26. The second-order valence-electron chi connectivity index (χ2n) is 7.77. The third kappa shape index (κ3) is 5.45. The molecule has 0 unspecified atom stereocenters. The first-order valence-electron chi connectivity index (χ1n) is 10.9. The maximum absolute atomic E-state index is 11.5. The van der Waals surface area contributed by atoms with Crippen molar-refractivity contribution in [3.05, 3.63) is 89.0 Å². The average Bonchev–Trinajstić information content (AvgIpc) is 2.85. The molecule has 0 bridgehead atoms. The standard InChI is InChI=1S/C28H27NO3/c1-22-24(8-5-9-27(22)25-6-3-2-4-7-25)12-10-23-11-13-26(21-30)28(20-23)32-19-16-29-14-17-31-18-15-29/h2-9,11,13,20-21H,14-19H2,1H3. The van der Waals surface area contributed by atoms with Crippen LogP contribution >= 0.6 is 0 Å². The van der Waals surface area contributed by atoms with Crippen molar-refractivity contribution in [2.45, 2.75) is 6.92 Å². The zero-order valence-corrected chi connectivity index (χ0v) is 18.3. The lowest BCUT2D eigenvalue weighted by molar-refractivity contribution is 0.0322. The zero-order chi connectivity index (χ0) is 22.2. The predicted molar refractivity (Wildman–Crippen MR) is 127 cm³/mol. The molecule has 0 N–H and O–H groups in total. The minimum atomic E-state index is 0.524. The molecule has 0 saturated carbocycles. The van der Waals surface area contributed by atoms with E-state index in [1.807, 2.05) is 42.5 Å². The van der Waals surface area contributed by atoms with Crippen molar-refractivity contribution in [1.29, 1.82) is 0 Å². The molecule has 3 aromatic carbocycles. The maximum Gasteiger partial charge on any atom is 0.153 e. The third-order valence-electron chi connectivity index (χ3n) is 5.67. The highest BCUT2D eigenvalue weighted by Gasteiger charge is 2.11. The van der Waals surface area contributed by atoms with Gasteiger partial charge in [0.2, 0.25) is 0 Å². The Morgan fingerprint density at radius 1 is 1.00 bits per heavy atom. The molecule has 0 aromatic heterocycles. The van der Waals surface area contributed by atoms with Crippen LogP contribution in [0.4, 0.5) is 0 Å². The van der Waals surface area contributed by atoms with Crippen LogP contribution in [0.3, 0.4) is 0 Å². The Kier molecular flexibility index (Phi) is 7.34. The molecule has 162 valence electrons. The molecule has 4 rings (SSSR count). The topological polar surface area (TPSA) is 38.8 Å². The first-order chi connectivity index (χ1) is 15.7. The van der Waals surface area contributed by atoms with Gasteiger partial charge in [-0.2, -0.15) is 0 Å². The molecular formula is C28H27NO3. The van der Waals surface area contributed by atoms with Gasteiger partial charge in [-0.3, -0.25) is 9.69 Å². The Morgan fingerprint density at radius 2 is 1.81 bits per heavy atom. The molecule has 0 radical (unpaired) electrons. The Hall–Kier alpha value is -3.39. The summed E-state index contributed by atoms with van der Waals surface area (Å²) in [5.41, 5.74) is 5.86. The summed E-state index contributed by atoms with van der Waals surface area (Å²) >= 11 is 0. The fourth-order valence-electron chi connectivity index (χ4n) is 3.78. The Labute approximate surface area is 189 Å². The second-order valence-corrected chi connectivity index (χ2v) is 7.77. The molecular weight excluding hydrogens is 398 g/mol. The number of morpholine rings is 1. The largest absolute Gasteiger partial charge is 0.491 e. The lowest BCUT2D eigenvalue weighted by atomic mass is 9.96. The van der Waals surface area contributed by atoms with Gasteiger partial charge in [0, 0.05) is 30.8 Å². The normalized spacial score (nSPS) is 13.8. The Balaban J connectivity index is 1.50. The first kappa shape index (κ1) is 21.8. The zero-order valence-electron chi connectivity index (χ0n) is 18.3. The summed E-state index contributed by atoms with van der Waals surface area (Å²) in [4.78, 5) is 13.8. The van der Waals surface area contributed by atoms with Gasteiger partial charge in [-0.25, -0.2) is 0 Å². The molecule has 0 spiro atoms. The van der Waals surface area contributed by atoms with Crippen LogP contribution in [0, 0.1) is 18.8 Å². The van der Waals surface area contributed by atoms with Crippen LogP contribution < -0.4 is 4.74 Å². The highest BCUT2D eigenvalue weighted by atomic mass is 16.5. The molecule has 1 aliphatic heterocycles. The van der Waals surface area contributed by atoms with E-state index in [-0.39, 0.29) is 0 Å². The summed E-state index contributed by atoms with van der Waals surface area (Å²) in [6.07, 6.45) is 0.828. The number of benzene rings is 3. The quantitative estimate of drug-likeness (QED) is 0.428. The van der Waals surface area contributed by atoms with Crippen molar-refractivity contribution >= 4 is 6.29 Å². The van der Waals surface area contributed by atoms with E-state index in [0.29, 0.717) is 17.9 Å². The molecule has 1 fully saturated rings. The van der Waals surface area contributed by atoms with Gasteiger partial charge in [0.05, 0.1) is 18.8 Å². The van der Waals surface area contributed by atoms with E-state index in [9.17, 15) is 4.79 Å². The summed E-state index contributed by atoms with van der Waals surface area (Å²) in [6.45, 7) is 6.78. The van der Waals surface area contributed by atoms with Gasteiger partial charge < -0.3 is 9.47 Å². The fraction of sp³-hybridized carbons (Fsp3) is 0.250. The molecule has 3 aromatic rings. The number of rotatable bonds is 6. The van der Waals surface area contributed by atoms with Crippen LogP contribution in [0.25, 0.3) is 11.1 Å². The minimum absolute atomic E-state index is 0.524. The van der Waals surface area contributed by atoms with Crippen LogP contribution in [0.15, 0.2) is 66.7 Å². The van der Waals surface area contributed by atoms with E-state index < -0.39 is 0 Å². The first-order valence-corrected chi connectivity index (χ1v) is 10.9. The predicted octanol–water partition coefficient (Wildman–Crippen LogP) is 4.59. The molecule has 4 nitrogen and oxygen atoms in total. The molecule has 0 atom stereocenters. The summed E-state index contributed by atoms with van der Waals surface area (Å²) in [7, 11) is 0. The molecule has 1 saturated heterocycles. The minimum Gasteiger partial charge on any atom is -0.491 e. The van der Waals surface area contributed by atoms with Gasteiger partial charge in [0.25, 0.3) is 0 Å². The van der Waals surface area contributed by atoms with Crippen molar-refractivity contribution in [3.63, 3.8) is 0 Å². The lowest BCUT2D eigenvalue weighted by Crippen LogP contribution is -2.38. The smallest absolute Gasteiger partial charge is 0.153 e. The highest BCUT2D eigenvalue weighted by Crippen LogP contribution is 2.25. The molecule has 0 aliphatic carbocycles. The second kappa shape index (κ2) is 10.8. The van der Waals surface area contributed by atoms with E-state index in [0.717, 1.165) is 55.8 Å². The SMILES string of the molecule is Cc1c(C#Cc2ccc(C=O)c(OCCN3CCOCC3)c2)cccc1-c1ccccc1. The van der Waals surface area contributed by atoms with Gasteiger partial charge in [-0.05, 0) is 47.9 Å². The Bertz CT molecular complexity index is 1120. The van der Waals surface area contributed by atoms with Gasteiger partial charge in [-0.1, -0.05) is 54.3 Å². The number of hydrogen-bond donors (Lipinski definition) is 0. The number of hydrogen-bond acceptors (Lipinski definition) is 4. The van der Waals surface area contributed by atoms with E-state index in [2.05, 4.69) is 41.9 Å². The number of ether oxygens (including phenoxy) is 2. The van der Waals surface area contributed by atoms with Crippen molar-refractivity contribution in [2.75, 3.05) is 39.5 Å². The van der Waals surface area contributed by atoms with Gasteiger partial charge in [-0.15, -0.1) is 0 Å². The molecule has 32 heavy (non-hydrogen) atoms. The summed E-state index contributed by atoms with van der Waals surface area (Å²) in [6, 6.07) is 22.0. The van der Waals surface area contributed by atoms with E-state index >= 15 is 0 Å². The number of nitrogens with zero attached hydrogens (tertiary/aromatic N) is 1. The maximum atomic E-state index is 11.5. The number of carbonyl (C=O) groups is 1. The monoisotopic (exact) mass is 425 g/mol. The van der Waals surface area contributed by atoms with Crippen molar-refractivity contribution in [1.82, 2.24) is 4.90 Å². The van der Waals surface area contributed by atoms with Crippen molar-refractivity contribution in [2.24, 2.45) is 0 Å². The molecule has 1 heterocycles. The number of aldehydes is 1. The molecule has 1 aliphatic rings. The Morgan fingerprint density at radius 3 is 2.59 bits per heavy atom. The summed E-state index contributed by atoms with van der Waals surface area (Å²) in [5, 5.41) is 0. The van der Waals surface area contributed by atoms with Gasteiger partial charge >= 0.3 is 0 Å². The van der Waals surface area contributed by atoms with Crippen molar-refractivity contribution < 1.29 is 14.3 Å². The summed E-state index contributed by atoms with van der Waals surface area (Å²) in [5.74, 6) is 7.11.